The minimum atomic E-state index is -0.734. The van der Waals surface area contributed by atoms with Gasteiger partial charge in [-0.25, -0.2) is 4.98 Å². The molecule has 0 fully saturated rings. The van der Waals surface area contributed by atoms with Gasteiger partial charge in [-0.1, -0.05) is 13.8 Å². The maximum atomic E-state index is 13.4. The maximum Gasteiger partial charge on any atom is 0.256 e. The number of nitrogens with one attached hydrogen (secondary N) is 1. The number of hydrogen-bond donors (Lipinski definition) is 1. The molecule has 0 aliphatic carbocycles. The number of likely N-dealkylation sites (N-methyl/N-ethyl adjacent to an activating group) is 1. The molecule has 1 atom stereocenters. The highest BCUT2D eigenvalue weighted by molar-refractivity contribution is 5.94. The van der Waals surface area contributed by atoms with Crippen LogP contribution in [0.2, 0.25) is 0 Å². The first-order valence-electron chi connectivity index (χ1n) is 5.98. The van der Waals surface area contributed by atoms with Gasteiger partial charge in [0.1, 0.15) is 0 Å². The van der Waals surface area contributed by atoms with Gasteiger partial charge in [0.25, 0.3) is 5.91 Å². The average Bonchev–Trinajstić information content (AvgIpc) is 2.27. The summed E-state index contributed by atoms with van der Waals surface area (Å²) in [6.45, 7) is 4.76. The van der Waals surface area contributed by atoms with Crippen molar-refractivity contribution in [3.63, 3.8) is 0 Å². The fourth-order valence-electron chi connectivity index (χ4n) is 1.62. The van der Waals surface area contributed by atoms with Crippen molar-refractivity contribution in [1.82, 2.24) is 15.2 Å². The predicted molar refractivity (Wildman–Crippen MR) is 68.8 cm³/mol. The molecule has 0 radical (unpaired) electrons. The number of nitrogens with zero attached hydrogens (tertiary/aromatic N) is 2. The van der Waals surface area contributed by atoms with Crippen LogP contribution in [0.5, 0.6) is 0 Å². The Labute approximate surface area is 107 Å². The molecule has 4 nitrogen and oxygen atoms in total. The number of hydrogen-bond acceptors (Lipinski definition) is 3. The van der Waals surface area contributed by atoms with Crippen LogP contribution in [-0.2, 0) is 0 Å². The topological polar surface area (TPSA) is 45.2 Å². The van der Waals surface area contributed by atoms with Crippen LogP contribution in [0.4, 0.5) is 4.39 Å². The molecule has 1 rings (SSSR count). The van der Waals surface area contributed by atoms with E-state index in [0.29, 0.717) is 6.54 Å². The Morgan fingerprint density at radius 2 is 2.17 bits per heavy atom. The molecule has 1 heterocycles. The molecule has 100 valence electrons. The summed E-state index contributed by atoms with van der Waals surface area (Å²) in [5.41, 5.74) is -0.0121. The normalized spacial score (nSPS) is 12.8. The summed E-state index contributed by atoms with van der Waals surface area (Å²) < 4.78 is 13.4. The summed E-state index contributed by atoms with van der Waals surface area (Å²) in [6.07, 6.45) is 1.33. The second-order valence-electron chi connectivity index (χ2n) is 4.93. The van der Waals surface area contributed by atoms with Gasteiger partial charge < -0.3 is 10.2 Å². The Kier molecular flexibility index (Phi) is 5.22. The lowest BCUT2D eigenvalue weighted by molar-refractivity contribution is 0.0911. The molecule has 5 heteroatoms. The minimum Gasteiger partial charge on any atom is -0.348 e. The molecular weight excluding hydrogens is 233 g/mol. The number of carbonyl (C=O) groups excluding carboxylic acids is 1. The minimum absolute atomic E-state index is 0.0121. The molecule has 0 aliphatic rings. The largest absolute Gasteiger partial charge is 0.348 e. The Balaban J connectivity index is 2.76. The molecule has 0 aromatic carbocycles. The van der Waals surface area contributed by atoms with Crippen molar-refractivity contribution in [2.45, 2.75) is 19.9 Å². The summed E-state index contributed by atoms with van der Waals surface area (Å²) in [5, 5.41) is 2.84. The number of carbonyl (C=O) groups is 1. The lowest BCUT2D eigenvalue weighted by Gasteiger charge is -2.25. The highest BCUT2D eigenvalue weighted by Gasteiger charge is 2.20. The fourth-order valence-corrected chi connectivity index (χ4v) is 1.62. The molecule has 0 aliphatic heterocycles. The van der Waals surface area contributed by atoms with Gasteiger partial charge in [0.15, 0.2) is 0 Å². The first-order chi connectivity index (χ1) is 8.41. The van der Waals surface area contributed by atoms with Crippen molar-refractivity contribution in [3.05, 3.63) is 29.8 Å². The number of aromatic nitrogens is 1. The van der Waals surface area contributed by atoms with E-state index in [1.54, 1.807) is 6.07 Å². The highest BCUT2D eigenvalue weighted by atomic mass is 19.1. The van der Waals surface area contributed by atoms with Crippen molar-refractivity contribution < 1.29 is 9.18 Å². The molecule has 1 N–H and O–H groups in total. The third kappa shape index (κ3) is 4.07. The third-order valence-electron chi connectivity index (χ3n) is 2.69. The Morgan fingerprint density at radius 1 is 1.50 bits per heavy atom. The lowest BCUT2D eigenvalue weighted by atomic mass is 10.0. The van der Waals surface area contributed by atoms with E-state index in [2.05, 4.69) is 10.3 Å². The average molecular weight is 253 g/mol. The second-order valence-corrected chi connectivity index (χ2v) is 4.93. The van der Waals surface area contributed by atoms with Crippen LogP contribution in [0.15, 0.2) is 18.3 Å². The molecule has 1 unspecified atom stereocenters. The van der Waals surface area contributed by atoms with E-state index < -0.39 is 11.9 Å². The first kappa shape index (κ1) is 14.6. The standard InChI is InChI=1S/C13H20FN3O/c1-9(2)11(8-17(3)4)16-13(18)10-6-5-7-15-12(10)14/h5-7,9,11H,8H2,1-4H3,(H,16,18). The second kappa shape index (κ2) is 6.44. The van der Waals surface area contributed by atoms with Gasteiger partial charge in [-0.15, -0.1) is 0 Å². The summed E-state index contributed by atoms with van der Waals surface area (Å²) in [7, 11) is 3.87. The molecule has 0 saturated carbocycles. The molecule has 0 spiro atoms. The van der Waals surface area contributed by atoms with Crippen molar-refractivity contribution in [2.24, 2.45) is 5.92 Å². The van der Waals surface area contributed by atoms with E-state index in [1.807, 2.05) is 32.8 Å². The Bertz CT molecular complexity index is 407. The summed E-state index contributed by atoms with van der Waals surface area (Å²) in [6, 6.07) is 2.96. The van der Waals surface area contributed by atoms with Crippen molar-refractivity contribution in [2.75, 3.05) is 20.6 Å². The zero-order chi connectivity index (χ0) is 13.7. The number of pyridine rings is 1. The van der Waals surface area contributed by atoms with Gasteiger partial charge in [0.2, 0.25) is 5.95 Å². The van der Waals surface area contributed by atoms with Crippen molar-refractivity contribution in [3.8, 4) is 0 Å². The van der Waals surface area contributed by atoms with E-state index >= 15 is 0 Å². The molecule has 1 aromatic heterocycles. The van der Waals surface area contributed by atoms with Crippen LogP contribution in [0.25, 0.3) is 0 Å². The van der Waals surface area contributed by atoms with Crippen LogP contribution < -0.4 is 5.32 Å². The van der Waals surface area contributed by atoms with Gasteiger partial charge in [0, 0.05) is 18.8 Å². The van der Waals surface area contributed by atoms with Gasteiger partial charge in [-0.2, -0.15) is 4.39 Å². The highest BCUT2D eigenvalue weighted by Crippen LogP contribution is 2.07. The van der Waals surface area contributed by atoms with Crippen LogP contribution in [0.3, 0.4) is 0 Å². The predicted octanol–water partition coefficient (Wildman–Crippen LogP) is 1.54. The van der Waals surface area contributed by atoms with Crippen LogP contribution in [-0.4, -0.2) is 42.5 Å². The summed E-state index contributed by atoms with van der Waals surface area (Å²) >= 11 is 0. The Morgan fingerprint density at radius 3 is 2.67 bits per heavy atom. The monoisotopic (exact) mass is 253 g/mol. The van der Waals surface area contributed by atoms with E-state index in [4.69, 9.17) is 0 Å². The van der Waals surface area contributed by atoms with Gasteiger partial charge in [0.05, 0.1) is 5.56 Å². The summed E-state index contributed by atoms with van der Waals surface area (Å²) in [4.78, 5) is 17.4. The van der Waals surface area contributed by atoms with E-state index in [1.165, 1.54) is 12.3 Å². The zero-order valence-electron chi connectivity index (χ0n) is 11.3. The number of halogens is 1. The van der Waals surface area contributed by atoms with E-state index in [-0.39, 0.29) is 17.5 Å². The quantitative estimate of drug-likeness (QED) is 0.810. The van der Waals surface area contributed by atoms with Gasteiger partial charge >= 0.3 is 0 Å². The van der Waals surface area contributed by atoms with Gasteiger partial charge in [-0.3, -0.25) is 4.79 Å². The molecule has 1 aromatic rings. The maximum absolute atomic E-state index is 13.4. The molecule has 1 amide bonds. The molecule has 18 heavy (non-hydrogen) atoms. The third-order valence-corrected chi connectivity index (χ3v) is 2.69. The fraction of sp³-hybridized carbons (Fsp3) is 0.538. The Hall–Kier alpha value is -1.49. The molecule has 0 saturated heterocycles. The van der Waals surface area contributed by atoms with E-state index in [0.717, 1.165) is 0 Å². The van der Waals surface area contributed by atoms with Crippen LogP contribution in [0, 0.1) is 11.9 Å². The summed E-state index contributed by atoms with van der Waals surface area (Å²) in [5.74, 6) is -0.875. The molecular formula is C13H20FN3O. The molecule has 0 bridgehead atoms. The zero-order valence-corrected chi connectivity index (χ0v) is 11.3. The van der Waals surface area contributed by atoms with Gasteiger partial charge in [-0.05, 0) is 32.1 Å². The lowest BCUT2D eigenvalue weighted by Crippen LogP contribution is -2.45. The van der Waals surface area contributed by atoms with Crippen LogP contribution in [0.1, 0.15) is 24.2 Å². The smallest absolute Gasteiger partial charge is 0.256 e. The number of amides is 1. The SMILES string of the molecule is CC(C)C(CN(C)C)NC(=O)c1cccnc1F. The first-order valence-corrected chi connectivity index (χ1v) is 5.98. The van der Waals surface area contributed by atoms with Crippen LogP contribution >= 0.6 is 0 Å². The van der Waals surface area contributed by atoms with Crippen molar-refractivity contribution in [1.29, 1.82) is 0 Å². The number of rotatable bonds is 5. The van der Waals surface area contributed by atoms with Crippen molar-refractivity contribution >= 4 is 5.91 Å². The van der Waals surface area contributed by atoms with E-state index in [9.17, 15) is 9.18 Å².